The second-order valence-electron chi connectivity index (χ2n) is 5.06. The molecule has 2 aromatic rings. The molecule has 118 valence electrons. The van der Waals surface area contributed by atoms with Gasteiger partial charge in [0.15, 0.2) is 5.76 Å². The summed E-state index contributed by atoms with van der Waals surface area (Å²) in [7, 11) is 0. The molecule has 1 N–H and O–H groups in total. The van der Waals surface area contributed by atoms with Gasteiger partial charge < -0.3 is 9.73 Å². The molecule has 0 aliphatic heterocycles. The number of carbonyl (C=O) groups is 1. The highest BCUT2D eigenvalue weighted by molar-refractivity contribution is 5.75. The van der Waals surface area contributed by atoms with Crippen LogP contribution in [0.1, 0.15) is 32.6 Å². The maximum absolute atomic E-state index is 11.8. The SMILES string of the molecule is CCCCNC(=O)CCCn1nc(-c2ccco2)ccc1=O. The van der Waals surface area contributed by atoms with Gasteiger partial charge in [-0.05, 0) is 31.0 Å². The van der Waals surface area contributed by atoms with Crippen LogP contribution >= 0.6 is 0 Å². The summed E-state index contributed by atoms with van der Waals surface area (Å²) in [6.07, 6.45) is 4.57. The number of unbranched alkanes of at least 4 members (excludes halogenated alkanes) is 1. The molecule has 0 spiro atoms. The average Bonchev–Trinajstić information content (AvgIpc) is 3.04. The van der Waals surface area contributed by atoms with Gasteiger partial charge in [0.05, 0.1) is 6.26 Å². The van der Waals surface area contributed by atoms with Crippen LogP contribution in [-0.2, 0) is 11.3 Å². The highest BCUT2D eigenvalue weighted by Crippen LogP contribution is 2.15. The number of nitrogens with one attached hydrogen (secondary N) is 1. The van der Waals surface area contributed by atoms with Crippen LogP contribution < -0.4 is 10.9 Å². The van der Waals surface area contributed by atoms with E-state index >= 15 is 0 Å². The Bertz CT molecular complexity index is 647. The number of furan rings is 1. The van der Waals surface area contributed by atoms with Gasteiger partial charge >= 0.3 is 0 Å². The number of hydrogen-bond acceptors (Lipinski definition) is 4. The first kappa shape index (κ1) is 16.0. The zero-order valence-corrected chi connectivity index (χ0v) is 12.7. The van der Waals surface area contributed by atoms with Crippen LogP contribution in [0.2, 0.25) is 0 Å². The molecular formula is C16H21N3O3. The Kier molecular flexibility index (Phi) is 5.94. The van der Waals surface area contributed by atoms with Crippen molar-refractivity contribution in [3.63, 3.8) is 0 Å². The Morgan fingerprint density at radius 2 is 2.18 bits per heavy atom. The highest BCUT2D eigenvalue weighted by Gasteiger charge is 2.06. The largest absolute Gasteiger partial charge is 0.463 e. The fraction of sp³-hybridized carbons (Fsp3) is 0.438. The molecular weight excluding hydrogens is 282 g/mol. The predicted octanol–water partition coefficient (Wildman–Crippen LogP) is 2.20. The molecule has 0 saturated carbocycles. The van der Waals surface area contributed by atoms with Crippen molar-refractivity contribution >= 4 is 5.91 Å². The van der Waals surface area contributed by atoms with E-state index in [0.717, 1.165) is 12.8 Å². The van der Waals surface area contributed by atoms with Crippen LogP contribution in [0.15, 0.2) is 39.7 Å². The number of amides is 1. The molecule has 1 amide bonds. The second-order valence-corrected chi connectivity index (χ2v) is 5.06. The standard InChI is InChI=1S/C16H21N3O3/c1-2-3-10-17-15(20)7-4-11-19-16(21)9-8-13(18-19)14-6-5-12-22-14/h5-6,8-9,12H,2-4,7,10-11H2,1H3,(H,17,20). The summed E-state index contributed by atoms with van der Waals surface area (Å²) in [6.45, 7) is 3.20. The van der Waals surface area contributed by atoms with Gasteiger partial charge in [-0.3, -0.25) is 9.59 Å². The van der Waals surface area contributed by atoms with Gasteiger partial charge in [0.25, 0.3) is 5.56 Å². The molecule has 0 atom stereocenters. The molecule has 0 fully saturated rings. The molecule has 0 unspecified atom stereocenters. The monoisotopic (exact) mass is 303 g/mol. The van der Waals surface area contributed by atoms with Gasteiger partial charge in [-0.1, -0.05) is 13.3 Å². The molecule has 0 aliphatic carbocycles. The minimum Gasteiger partial charge on any atom is -0.463 e. The Morgan fingerprint density at radius 1 is 1.32 bits per heavy atom. The molecule has 22 heavy (non-hydrogen) atoms. The van der Waals surface area contributed by atoms with E-state index in [-0.39, 0.29) is 11.5 Å². The summed E-state index contributed by atoms with van der Waals surface area (Å²) in [6, 6.07) is 6.66. The van der Waals surface area contributed by atoms with Crippen LogP contribution in [0.5, 0.6) is 0 Å². The Balaban J connectivity index is 1.89. The third-order valence-corrected chi connectivity index (χ3v) is 3.27. The lowest BCUT2D eigenvalue weighted by Crippen LogP contribution is -2.26. The Morgan fingerprint density at radius 3 is 2.91 bits per heavy atom. The zero-order chi connectivity index (χ0) is 15.8. The van der Waals surface area contributed by atoms with Crippen LogP contribution in [-0.4, -0.2) is 22.2 Å². The number of nitrogens with zero attached hydrogens (tertiary/aromatic N) is 2. The molecule has 2 aromatic heterocycles. The molecule has 0 bridgehead atoms. The van der Waals surface area contributed by atoms with Crippen LogP contribution in [0.4, 0.5) is 0 Å². The number of aromatic nitrogens is 2. The average molecular weight is 303 g/mol. The normalized spacial score (nSPS) is 10.6. The summed E-state index contributed by atoms with van der Waals surface area (Å²) in [5, 5.41) is 7.12. The van der Waals surface area contributed by atoms with Crippen molar-refractivity contribution in [3.05, 3.63) is 40.9 Å². The lowest BCUT2D eigenvalue weighted by Gasteiger charge is -2.06. The summed E-state index contributed by atoms with van der Waals surface area (Å²) in [5.74, 6) is 0.634. The van der Waals surface area contributed by atoms with Gasteiger partial charge in [-0.15, -0.1) is 0 Å². The van der Waals surface area contributed by atoms with Crippen LogP contribution in [0.25, 0.3) is 11.5 Å². The quantitative estimate of drug-likeness (QED) is 0.758. The van der Waals surface area contributed by atoms with Gasteiger partial charge in [0, 0.05) is 25.6 Å². The van der Waals surface area contributed by atoms with E-state index in [9.17, 15) is 9.59 Å². The predicted molar refractivity (Wildman–Crippen MR) is 83.4 cm³/mol. The second kappa shape index (κ2) is 8.17. The minimum absolute atomic E-state index is 0.0173. The first-order chi connectivity index (χ1) is 10.7. The van der Waals surface area contributed by atoms with Crippen molar-refractivity contribution in [2.45, 2.75) is 39.2 Å². The van der Waals surface area contributed by atoms with Crippen molar-refractivity contribution in [2.24, 2.45) is 0 Å². The summed E-state index contributed by atoms with van der Waals surface area (Å²) >= 11 is 0. The number of aryl methyl sites for hydroxylation is 1. The van der Waals surface area contributed by atoms with E-state index in [1.54, 1.807) is 24.5 Å². The van der Waals surface area contributed by atoms with Gasteiger partial charge in [0.1, 0.15) is 5.69 Å². The molecule has 0 aliphatic rings. The number of carbonyl (C=O) groups excluding carboxylic acids is 1. The molecule has 2 rings (SSSR count). The van der Waals surface area contributed by atoms with E-state index in [2.05, 4.69) is 17.3 Å². The van der Waals surface area contributed by atoms with Crippen molar-refractivity contribution in [2.75, 3.05) is 6.54 Å². The zero-order valence-electron chi connectivity index (χ0n) is 12.7. The number of rotatable bonds is 8. The minimum atomic E-state index is -0.179. The summed E-state index contributed by atoms with van der Waals surface area (Å²) < 4.78 is 6.64. The number of hydrogen-bond donors (Lipinski definition) is 1. The lowest BCUT2D eigenvalue weighted by molar-refractivity contribution is -0.121. The van der Waals surface area contributed by atoms with E-state index in [4.69, 9.17) is 4.42 Å². The van der Waals surface area contributed by atoms with Gasteiger partial charge in [-0.25, -0.2) is 4.68 Å². The van der Waals surface area contributed by atoms with E-state index < -0.39 is 0 Å². The maximum atomic E-state index is 11.8. The van der Waals surface area contributed by atoms with Gasteiger partial charge in [0.2, 0.25) is 5.91 Å². The van der Waals surface area contributed by atoms with Crippen LogP contribution in [0.3, 0.4) is 0 Å². The van der Waals surface area contributed by atoms with E-state index in [1.807, 2.05) is 0 Å². The highest BCUT2D eigenvalue weighted by atomic mass is 16.3. The molecule has 0 saturated heterocycles. The Hall–Kier alpha value is -2.37. The fourth-order valence-corrected chi connectivity index (χ4v) is 2.05. The van der Waals surface area contributed by atoms with Crippen molar-refractivity contribution in [1.29, 1.82) is 0 Å². The summed E-state index contributed by atoms with van der Waals surface area (Å²) in [4.78, 5) is 23.4. The van der Waals surface area contributed by atoms with Crippen molar-refractivity contribution < 1.29 is 9.21 Å². The third-order valence-electron chi connectivity index (χ3n) is 3.27. The molecule has 2 heterocycles. The molecule has 0 aromatic carbocycles. The first-order valence-electron chi connectivity index (χ1n) is 7.59. The fourth-order valence-electron chi connectivity index (χ4n) is 2.05. The summed E-state index contributed by atoms with van der Waals surface area (Å²) in [5.41, 5.74) is 0.429. The van der Waals surface area contributed by atoms with Crippen molar-refractivity contribution in [1.82, 2.24) is 15.1 Å². The lowest BCUT2D eigenvalue weighted by atomic mass is 10.2. The Labute approximate surface area is 129 Å². The van der Waals surface area contributed by atoms with E-state index in [1.165, 1.54) is 10.7 Å². The smallest absolute Gasteiger partial charge is 0.266 e. The third kappa shape index (κ3) is 4.58. The molecule has 0 radical (unpaired) electrons. The van der Waals surface area contributed by atoms with Gasteiger partial charge in [-0.2, -0.15) is 5.10 Å². The van der Waals surface area contributed by atoms with Crippen molar-refractivity contribution in [3.8, 4) is 11.5 Å². The molecule has 6 nitrogen and oxygen atoms in total. The van der Waals surface area contributed by atoms with E-state index in [0.29, 0.717) is 37.4 Å². The maximum Gasteiger partial charge on any atom is 0.266 e. The first-order valence-corrected chi connectivity index (χ1v) is 7.59. The van der Waals surface area contributed by atoms with Crippen LogP contribution in [0, 0.1) is 0 Å². The topological polar surface area (TPSA) is 77.1 Å². The molecule has 6 heteroatoms.